The number of furan rings is 1. The first-order chi connectivity index (χ1) is 30.7. The zero-order valence-electron chi connectivity index (χ0n) is 33.7. The molecule has 0 spiro atoms. The lowest BCUT2D eigenvalue weighted by molar-refractivity contribution is 0.631. The van der Waals surface area contributed by atoms with Crippen molar-refractivity contribution in [2.45, 2.75) is 28.0 Å². The van der Waals surface area contributed by atoms with Gasteiger partial charge in [-0.15, -0.1) is 11.8 Å². The molecule has 0 bridgehead atoms. The van der Waals surface area contributed by atoms with E-state index in [2.05, 4.69) is 203 Å². The van der Waals surface area contributed by atoms with E-state index >= 15 is 0 Å². The Morgan fingerprint density at radius 1 is 0.581 bits per heavy atom. The molecule has 9 aromatic rings. The van der Waals surface area contributed by atoms with Gasteiger partial charge >= 0.3 is 0 Å². The second-order valence-electron chi connectivity index (χ2n) is 16.6. The van der Waals surface area contributed by atoms with E-state index in [9.17, 15) is 0 Å². The first-order valence-corrected chi connectivity index (χ1v) is 22.3. The van der Waals surface area contributed by atoms with Crippen molar-refractivity contribution in [2.24, 2.45) is 0 Å². The molecule has 0 N–H and O–H groups in total. The van der Waals surface area contributed by atoms with Crippen molar-refractivity contribution in [3.8, 4) is 22.5 Å². The minimum Gasteiger partial charge on any atom is -0.454 e. The van der Waals surface area contributed by atoms with Crippen LogP contribution in [0.3, 0.4) is 0 Å². The second-order valence-corrected chi connectivity index (χ2v) is 17.8. The Balaban J connectivity index is 0.888. The Morgan fingerprint density at radius 3 is 2.06 bits per heavy atom. The number of benzene rings is 7. The van der Waals surface area contributed by atoms with E-state index in [0.29, 0.717) is 5.92 Å². The molecule has 0 amide bonds. The Hall–Kier alpha value is -7.34. The predicted molar refractivity (Wildman–Crippen MR) is 258 cm³/mol. The first-order valence-electron chi connectivity index (χ1n) is 21.4. The summed E-state index contributed by atoms with van der Waals surface area (Å²) in [6.45, 7) is 0. The molecule has 2 aromatic heterocycles. The number of hydrogen-bond acceptors (Lipinski definition) is 5. The number of hydrogen-bond donors (Lipinski definition) is 0. The first kappa shape index (κ1) is 35.4. The molecule has 0 saturated heterocycles. The lowest BCUT2D eigenvalue weighted by Crippen LogP contribution is -2.28. The number of nitrogens with zero attached hydrogens (tertiary/aromatic N) is 3. The van der Waals surface area contributed by atoms with E-state index in [1.165, 1.54) is 60.1 Å². The number of pyridine rings is 1. The largest absolute Gasteiger partial charge is 0.454 e. The van der Waals surface area contributed by atoms with E-state index in [1.807, 2.05) is 30.0 Å². The van der Waals surface area contributed by atoms with Crippen LogP contribution in [0, 0.1) is 0 Å². The molecule has 4 heterocycles. The maximum Gasteiger partial charge on any atom is 0.153 e. The highest BCUT2D eigenvalue weighted by atomic mass is 32.2. The van der Waals surface area contributed by atoms with Gasteiger partial charge in [-0.1, -0.05) is 121 Å². The number of para-hydroxylation sites is 1. The van der Waals surface area contributed by atoms with Gasteiger partial charge in [0.25, 0.3) is 0 Å². The van der Waals surface area contributed by atoms with Crippen molar-refractivity contribution in [2.75, 3.05) is 9.80 Å². The average Bonchev–Trinajstić information content (AvgIpc) is 4.05. The summed E-state index contributed by atoms with van der Waals surface area (Å²) >= 11 is 2.01. The summed E-state index contributed by atoms with van der Waals surface area (Å²) in [5.74, 6) is 1.42. The molecule has 7 aromatic carbocycles. The number of thioether (sulfide) groups is 1. The molecule has 0 fully saturated rings. The molecule has 4 aliphatic rings. The topological polar surface area (TPSA) is 32.5 Å². The van der Waals surface area contributed by atoms with Crippen LogP contribution in [0.25, 0.3) is 55.1 Å². The SMILES string of the molecule is C1=CC2c3ccc(-c4ccc(N(C5=CC6Sc7c(c8ccccc8c8ccccc78)C6C=C5)c5ccc(-c6cc7ncccc7o6)cc5)cc4)cc3N(c3ccccc3)C2C=C1. The van der Waals surface area contributed by atoms with Gasteiger partial charge in [-0.25, -0.2) is 0 Å². The van der Waals surface area contributed by atoms with Crippen LogP contribution in [-0.4, -0.2) is 16.3 Å². The summed E-state index contributed by atoms with van der Waals surface area (Å²) in [7, 11) is 0. The van der Waals surface area contributed by atoms with E-state index in [4.69, 9.17) is 4.42 Å². The molecule has 2 aliphatic carbocycles. The molecule has 62 heavy (non-hydrogen) atoms. The highest BCUT2D eigenvalue weighted by Gasteiger charge is 2.38. The molecule has 4 atom stereocenters. The number of fused-ring (bicyclic) bond motifs is 12. The minimum atomic E-state index is 0.260. The molecule has 0 radical (unpaired) electrons. The van der Waals surface area contributed by atoms with Gasteiger partial charge in [-0.2, -0.15) is 0 Å². The highest BCUT2D eigenvalue weighted by molar-refractivity contribution is 8.00. The van der Waals surface area contributed by atoms with Gasteiger partial charge in [0.05, 0.1) is 6.04 Å². The molecule has 4 unspecified atom stereocenters. The molecule has 0 saturated carbocycles. The number of rotatable bonds is 6. The highest BCUT2D eigenvalue weighted by Crippen LogP contribution is 2.55. The fraction of sp³-hybridized carbons (Fsp3) is 0.0702. The lowest BCUT2D eigenvalue weighted by Gasteiger charge is -2.30. The van der Waals surface area contributed by atoms with Crippen molar-refractivity contribution in [1.82, 2.24) is 4.98 Å². The Kier molecular flexibility index (Phi) is 8.07. The zero-order chi connectivity index (χ0) is 40.7. The smallest absolute Gasteiger partial charge is 0.153 e. The number of allylic oxidation sites excluding steroid dienone is 4. The minimum absolute atomic E-state index is 0.260. The van der Waals surface area contributed by atoms with Crippen molar-refractivity contribution in [3.05, 3.63) is 229 Å². The van der Waals surface area contributed by atoms with Crippen LogP contribution in [0.5, 0.6) is 0 Å². The summed E-state index contributed by atoms with van der Waals surface area (Å²) in [4.78, 5) is 10.8. The van der Waals surface area contributed by atoms with Crippen molar-refractivity contribution in [1.29, 1.82) is 0 Å². The predicted octanol–water partition coefficient (Wildman–Crippen LogP) is 15.0. The molecular formula is C57H39N3OS. The molecular weight excluding hydrogens is 775 g/mol. The van der Waals surface area contributed by atoms with Crippen LogP contribution in [-0.2, 0) is 0 Å². The number of aromatic nitrogens is 1. The van der Waals surface area contributed by atoms with Gasteiger partial charge in [0, 0.05) is 68.3 Å². The van der Waals surface area contributed by atoms with Crippen molar-refractivity contribution < 1.29 is 4.42 Å². The molecule has 2 aliphatic heterocycles. The van der Waals surface area contributed by atoms with Crippen molar-refractivity contribution in [3.63, 3.8) is 0 Å². The standard InChI is InChI=1S/C57H39N3OS/c1-2-11-39(12-3-1)60-51-18-9-8-15-45(51)46-30-24-38(33-52(46)60)36-20-25-40(26-21-36)59(41-27-22-37(23-28-41)54-35-50-53(61-54)19-10-32-58-50)42-29-31-49-55(34-42)62-57-48-17-7-5-14-44(48)43-13-4-6-16-47(43)56(49)57/h1-35,45,49,51,55H. The third kappa shape index (κ3) is 5.58. The lowest BCUT2D eigenvalue weighted by atomic mass is 9.86. The monoisotopic (exact) mass is 813 g/mol. The summed E-state index contributed by atoms with van der Waals surface area (Å²) in [6.07, 6.45) is 18.1. The van der Waals surface area contributed by atoms with Crippen LogP contribution in [0.4, 0.5) is 22.7 Å². The van der Waals surface area contributed by atoms with Crippen LogP contribution < -0.4 is 9.80 Å². The molecule has 4 nitrogen and oxygen atoms in total. The normalized spacial score (nSPS) is 19.4. The molecule has 5 heteroatoms. The third-order valence-electron chi connectivity index (χ3n) is 13.2. The van der Waals surface area contributed by atoms with Gasteiger partial charge in [0.15, 0.2) is 5.58 Å². The van der Waals surface area contributed by atoms with Crippen LogP contribution >= 0.6 is 11.8 Å². The Labute approximate surface area is 364 Å². The van der Waals surface area contributed by atoms with E-state index in [1.54, 1.807) is 6.20 Å². The van der Waals surface area contributed by atoms with Crippen molar-refractivity contribution >= 4 is 67.2 Å². The summed E-state index contributed by atoms with van der Waals surface area (Å²) in [6, 6.07) is 59.7. The Bertz CT molecular complexity index is 3330. The molecule has 13 rings (SSSR count). The van der Waals surface area contributed by atoms with Gasteiger partial charge in [-0.05, 0) is 123 Å². The summed E-state index contributed by atoms with van der Waals surface area (Å²) in [5, 5.41) is 5.62. The van der Waals surface area contributed by atoms with Crippen LogP contribution in [0.1, 0.15) is 23.0 Å². The fourth-order valence-electron chi connectivity index (χ4n) is 10.3. The fourth-order valence-corrected chi connectivity index (χ4v) is 11.9. The van der Waals surface area contributed by atoms with Crippen LogP contribution in [0.2, 0.25) is 0 Å². The maximum atomic E-state index is 6.23. The third-order valence-corrected chi connectivity index (χ3v) is 14.6. The second kappa shape index (κ2) is 14.1. The maximum absolute atomic E-state index is 6.23. The zero-order valence-corrected chi connectivity index (χ0v) is 34.5. The van der Waals surface area contributed by atoms with Gasteiger partial charge in [0.1, 0.15) is 11.3 Å². The van der Waals surface area contributed by atoms with Gasteiger partial charge in [0.2, 0.25) is 0 Å². The van der Waals surface area contributed by atoms with Gasteiger partial charge < -0.3 is 14.2 Å². The van der Waals surface area contributed by atoms with Gasteiger partial charge in [-0.3, -0.25) is 4.98 Å². The average molecular weight is 814 g/mol. The summed E-state index contributed by atoms with van der Waals surface area (Å²) < 4.78 is 6.23. The van der Waals surface area contributed by atoms with Crippen LogP contribution in [0.15, 0.2) is 228 Å². The van der Waals surface area contributed by atoms with E-state index < -0.39 is 0 Å². The van der Waals surface area contributed by atoms with E-state index in [0.717, 1.165) is 39.5 Å². The summed E-state index contributed by atoms with van der Waals surface area (Å²) in [5.41, 5.74) is 13.7. The number of anilines is 4. The Morgan fingerprint density at radius 2 is 1.27 bits per heavy atom. The quantitative estimate of drug-likeness (QED) is 0.156. The molecule has 294 valence electrons. The van der Waals surface area contributed by atoms with E-state index in [-0.39, 0.29) is 17.2 Å².